The summed E-state index contributed by atoms with van der Waals surface area (Å²) in [5, 5.41) is 10.4. The minimum atomic E-state index is 0.210. The summed E-state index contributed by atoms with van der Waals surface area (Å²) in [5.41, 5.74) is 1.91. The molecule has 1 heterocycles. The van der Waals surface area contributed by atoms with E-state index in [2.05, 4.69) is 0 Å². The van der Waals surface area contributed by atoms with Crippen molar-refractivity contribution in [3.05, 3.63) is 35.0 Å². The summed E-state index contributed by atoms with van der Waals surface area (Å²) in [5.74, 6) is 0. The van der Waals surface area contributed by atoms with E-state index in [9.17, 15) is 0 Å². The molecule has 0 atom stereocenters. The number of hydrogen-bond donors (Lipinski definition) is 1. The van der Waals surface area contributed by atoms with Crippen molar-refractivity contribution in [2.24, 2.45) is 0 Å². The molecule has 14 heavy (non-hydrogen) atoms. The second kappa shape index (κ2) is 4.03. The van der Waals surface area contributed by atoms with Crippen LogP contribution in [0.2, 0.25) is 5.02 Å². The number of furan rings is 1. The van der Waals surface area contributed by atoms with Gasteiger partial charge in [-0.3, -0.25) is 0 Å². The standard InChI is InChI=1S/C11H11ClO2/c12-10-4-3-8(2-1-6-13)9-5-7-14-11(9)10/h3-5,7,13H,1-2,6H2. The van der Waals surface area contributed by atoms with Gasteiger partial charge in [0.05, 0.1) is 11.3 Å². The molecule has 0 radical (unpaired) electrons. The van der Waals surface area contributed by atoms with Crippen LogP contribution in [0.15, 0.2) is 28.9 Å². The van der Waals surface area contributed by atoms with E-state index >= 15 is 0 Å². The van der Waals surface area contributed by atoms with Crippen molar-refractivity contribution in [2.45, 2.75) is 12.8 Å². The van der Waals surface area contributed by atoms with Gasteiger partial charge in [0.2, 0.25) is 0 Å². The molecule has 1 N–H and O–H groups in total. The summed E-state index contributed by atoms with van der Waals surface area (Å²) in [6.45, 7) is 0.210. The molecule has 0 aliphatic heterocycles. The maximum absolute atomic E-state index is 8.76. The second-order valence-electron chi connectivity index (χ2n) is 3.20. The first-order valence-electron chi connectivity index (χ1n) is 4.58. The zero-order valence-corrected chi connectivity index (χ0v) is 8.42. The van der Waals surface area contributed by atoms with Gasteiger partial charge < -0.3 is 9.52 Å². The Balaban J connectivity index is 2.45. The van der Waals surface area contributed by atoms with E-state index in [0.717, 1.165) is 23.8 Å². The van der Waals surface area contributed by atoms with Crippen LogP contribution in [0.25, 0.3) is 11.0 Å². The Bertz CT molecular complexity index is 434. The Morgan fingerprint density at radius 2 is 2.14 bits per heavy atom. The number of aliphatic hydroxyl groups excluding tert-OH is 1. The first-order chi connectivity index (χ1) is 6.83. The number of hydrogen-bond acceptors (Lipinski definition) is 2. The lowest BCUT2D eigenvalue weighted by atomic mass is 10.1. The van der Waals surface area contributed by atoms with Crippen molar-refractivity contribution in [1.82, 2.24) is 0 Å². The smallest absolute Gasteiger partial charge is 0.152 e. The van der Waals surface area contributed by atoms with Crippen LogP contribution in [-0.2, 0) is 6.42 Å². The van der Waals surface area contributed by atoms with E-state index in [1.165, 1.54) is 5.56 Å². The maximum Gasteiger partial charge on any atom is 0.152 e. The number of fused-ring (bicyclic) bond motifs is 1. The highest BCUT2D eigenvalue weighted by Crippen LogP contribution is 2.28. The molecule has 74 valence electrons. The second-order valence-corrected chi connectivity index (χ2v) is 3.60. The minimum absolute atomic E-state index is 0.210. The molecule has 0 amide bonds. The summed E-state index contributed by atoms with van der Waals surface area (Å²) >= 11 is 5.96. The molecule has 0 bridgehead atoms. The molecule has 0 spiro atoms. The van der Waals surface area contributed by atoms with Gasteiger partial charge in [-0.2, -0.15) is 0 Å². The topological polar surface area (TPSA) is 33.4 Å². The third kappa shape index (κ3) is 1.63. The highest BCUT2D eigenvalue weighted by atomic mass is 35.5. The number of halogens is 1. The lowest BCUT2D eigenvalue weighted by Crippen LogP contribution is -1.89. The third-order valence-corrected chi connectivity index (χ3v) is 2.56. The molecule has 2 rings (SSSR count). The van der Waals surface area contributed by atoms with Crippen LogP contribution in [0, 0.1) is 0 Å². The van der Waals surface area contributed by atoms with E-state index in [-0.39, 0.29) is 6.61 Å². The average Bonchev–Trinajstić information content (AvgIpc) is 2.66. The average molecular weight is 211 g/mol. The summed E-state index contributed by atoms with van der Waals surface area (Å²) in [6, 6.07) is 5.73. The first kappa shape index (κ1) is 9.56. The minimum Gasteiger partial charge on any atom is -0.463 e. The van der Waals surface area contributed by atoms with Crippen LogP contribution in [0.3, 0.4) is 0 Å². The van der Waals surface area contributed by atoms with Crippen LogP contribution in [0.5, 0.6) is 0 Å². The van der Waals surface area contributed by atoms with Crippen LogP contribution in [-0.4, -0.2) is 11.7 Å². The van der Waals surface area contributed by atoms with Crippen LogP contribution < -0.4 is 0 Å². The summed E-state index contributed by atoms with van der Waals surface area (Å²) < 4.78 is 5.27. The molecule has 1 aromatic heterocycles. The molecule has 0 unspecified atom stereocenters. The number of rotatable bonds is 3. The molecular weight excluding hydrogens is 200 g/mol. The monoisotopic (exact) mass is 210 g/mol. The van der Waals surface area contributed by atoms with Crippen molar-refractivity contribution in [3.8, 4) is 0 Å². The van der Waals surface area contributed by atoms with E-state index in [0.29, 0.717) is 5.02 Å². The molecule has 0 aliphatic carbocycles. The summed E-state index contributed by atoms with van der Waals surface area (Å²) in [4.78, 5) is 0. The van der Waals surface area contributed by atoms with E-state index in [1.807, 2.05) is 18.2 Å². The van der Waals surface area contributed by atoms with Gasteiger partial charge in [-0.1, -0.05) is 17.7 Å². The molecule has 1 aromatic carbocycles. The van der Waals surface area contributed by atoms with Crippen molar-refractivity contribution in [2.75, 3.05) is 6.61 Å². The highest BCUT2D eigenvalue weighted by molar-refractivity contribution is 6.34. The number of aryl methyl sites for hydroxylation is 1. The Kier molecular flexibility index (Phi) is 2.75. The molecule has 0 saturated heterocycles. The van der Waals surface area contributed by atoms with Crippen molar-refractivity contribution in [1.29, 1.82) is 0 Å². The predicted molar refractivity (Wildman–Crippen MR) is 56.6 cm³/mol. The first-order valence-corrected chi connectivity index (χ1v) is 4.96. The normalized spacial score (nSPS) is 11.0. The molecule has 2 aromatic rings. The molecule has 3 heteroatoms. The van der Waals surface area contributed by atoms with Gasteiger partial charge in [0.1, 0.15) is 0 Å². The van der Waals surface area contributed by atoms with E-state index in [4.69, 9.17) is 21.1 Å². The zero-order chi connectivity index (χ0) is 9.97. The quantitative estimate of drug-likeness (QED) is 0.845. The maximum atomic E-state index is 8.76. The fourth-order valence-corrected chi connectivity index (χ4v) is 1.78. The molecular formula is C11H11ClO2. The zero-order valence-electron chi connectivity index (χ0n) is 7.66. The molecule has 0 saturated carbocycles. The van der Waals surface area contributed by atoms with Gasteiger partial charge in [0, 0.05) is 12.0 Å². The largest absolute Gasteiger partial charge is 0.463 e. The fraction of sp³-hybridized carbons (Fsp3) is 0.273. The van der Waals surface area contributed by atoms with Gasteiger partial charge in [-0.05, 0) is 30.5 Å². The number of benzene rings is 1. The molecule has 0 fully saturated rings. The Labute approximate surface area is 87.1 Å². The molecule has 0 aliphatic rings. The Morgan fingerprint density at radius 1 is 1.29 bits per heavy atom. The van der Waals surface area contributed by atoms with Crippen molar-refractivity contribution in [3.63, 3.8) is 0 Å². The lowest BCUT2D eigenvalue weighted by Gasteiger charge is -2.01. The van der Waals surface area contributed by atoms with Crippen LogP contribution >= 0.6 is 11.6 Å². The van der Waals surface area contributed by atoms with E-state index < -0.39 is 0 Å². The highest BCUT2D eigenvalue weighted by Gasteiger charge is 2.06. The Hall–Kier alpha value is -0.990. The summed E-state index contributed by atoms with van der Waals surface area (Å²) in [6.07, 6.45) is 3.25. The number of aliphatic hydroxyl groups is 1. The predicted octanol–water partition coefficient (Wildman–Crippen LogP) is 3.01. The fourth-order valence-electron chi connectivity index (χ4n) is 1.57. The third-order valence-electron chi connectivity index (χ3n) is 2.26. The van der Waals surface area contributed by atoms with Gasteiger partial charge >= 0.3 is 0 Å². The van der Waals surface area contributed by atoms with Crippen molar-refractivity contribution >= 4 is 22.6 Å². The summed E-state index contributed by atoms with van der Waals surface area (Å²) in [7, 11) is 0. The van der Waals surface area contributed by atoms with Gasteiger partial charge in [0.25, 0.3) is 0 Å². The van der Waals surface area contributed by atoms with Crippen LogP contribution in [0.4, 0.5) is 0 Å². The molecule has 2 nitrogen and oxygen atoms in total. The van der Waals surface area contributed by atoms with E-state index in [1.54, 1.807) is 6.26 Å². The van der Waals surface area contributed by atoms with Crippen molar-refractivity contribution < 1.29 is 9.52 Å². The van der Waals surface area contributed by atoms with Gasteiger partial charge in [0.15, 0.2) is 5.58 Å². The SMILES string of the molecule is OCCCc1ccc(Cl)c2occc12. The van der Waals surface area contributed by atoms with Gasteiger partial charge in [-0.25, -0.2) is 0 Å². The Morgan fingerprint density at radius 3 is 2.93 bits per heavy atom. The lowest BCUT2D eigenvalue weighted by molar-refractivity contribution is 0.289. The van der Waals surface area contributed by atoms with Crippen LogP contribution in [0.1, 0.15) is 12.0 Å². The van der Waals surface area contributed by atoms with Gasteiger partial charge in [-0.15, -0.1) is 0 Å².